The highest BCUT2D eigenvalue weighted by molar-refractivity contribution is 7.94. The van der Waals surface area contributed by atoms with Crippen molar-refractivity contribution in [3.05, 3.63) is 48.5 Å². The highest BCUT2D eigenvalue weighted by Crippen LogP contribution is 2.35. The number of benzene rings is 3. The van der Waals surface area contributed by atoms with Crippen LogP contribution in [0.25, 0.3) is 10.8 Å². The average molecular weight is 410 g/mol. The van der Waals surface area contributed by atoms with Crippen LogP contribution in [0.15, 0.2) is 58.3 Å². The van der Waals surface area contributed by atoms with Crippen LogP contribution >= 0.6 is 12.0 Å². The predicted molar refractivity (Wildman–Crippen MR) is 99.0 cm³/mol. The van der Waals surface area contributed by atoms with Crippen molar-refractivity contribution >= 4 is 44.2 Å². The molecule has 27 heavy (non-hydrogen) atoms. The largest absolute Gasteiger partial charge is 0.507 e. The molecule has 3 aromatic rings. The lowest BCUT2D eigenvalue weighted by Gasteiger charge is -2.12. The zero-order chi connectivity index (χ0) is 19.6. The first kappa shape index (κ1) is 19.2. The summed E-state index contributed by atoms with van der Waals surface area (Å²) in [5, 5.41) is 41.0. The van der Waals surface area contributed by atoms with Gasteiger partial charge in [-0.3, -0.25) is 0 Å². The van der Waals surface area contributed by atoms with Crippen LogP contribution in [0.5, 0.6) is 11.5 Å². The smallest absolute Gasteiger partial charge is 0.238 e. The normalized spacial score (nSPS) is 11.6. The van der Waals surface area contributed by atoms with Gasteiger partial charge < -0.3 is 15.5 Å². The third kappa shape index (κ3) is 4.42. The predicted octanol–water partition coefficient (Wildman–Crippen LogP) is 3.07. The molecule has 9 nitrogen and oxygen atoms in total. The highest BCUT2D eigenvalue weighted by Gasteiger charge is 2.12. The molecule has 6 N–H and O–H groups in total. The number of fused-ring (bicyclic) bond motifs is 1. The Kier molecular flexibility index (Phi) is 5.41. The third-order valence-corrected chi connectivity index (χ3v) is 5.11. The lowest BCUT2D eigenvalue weighted by Crippen LogP contribution is -2.12. The summed E-state index contributed by atoms with van der Waals surface area (Å²) in [7, 11) is -3.92. The van der Waals surface area contributed by atoms with Gasteiger partial charge in [0.15, 0.2) is 0 Å². The minimum Gasteiger partial charge on any atom is -0.507 e. The van der Waals surface area contributed by atoms with Gasteiger partial charge in [0, 0.05) is 16.0 Å². The van der Waals surface area contributed by atoms with Gasteiger partial charge in [-0.2, -0.15) is 0 Å². The fourth-order valence-corrected chi connectivity index (χ4v) is 3.43. The topological polar surface area (TPSA) is 151 Å². The molecule has 0 radical (unpaired) electrons. The van der Waals surface area contributed by atoms with E-state index >= 15 is 0 Å². The summed E-state index contributed by atoms with van der Waals surface area (Å²) in [4.78, 5) is 0.311. The number of aromatic hydroxyl groups is 2. The molecule has 0 aliphatic heterocycles. The number of hydrogen-bond acceptors (Lipinski definition) is 9. The van der Waals surface area contributed by atoms with Crippen molar-refractivity contribution in [1.29, 1.82) is 0 Å². The van der Waals surface area contributed by atoms with Crippen molar-refractivity contribution in [2.75, 3.05) is 5.32 Å². The van der Waals surface area contributed by atoms with E-state index in [-0.39, 0.29) is 22.1 Å². The fraction of sp³-hybridized carbons (Fsp3) is 0. The van der Waals surface area contributed by atoms with Gasteiger partial charge in [-0.15, -0.1) is 4.33 Å². The summed E-state index contributed by atoms with van der Waals surface area (Å²) in [6, 6.07) is 11.7. The van der Waals surface area contributed by atoms with Crippen molar-refractivity contribution in [2.24, 2.45) is 5.14 Å². The van der Waals surface area contributed by atoms with E-state index in [0.717, 1.165) is 0 Å². The van der Waals surface area contributed by atoms with Crippen LogP contribution in [0.3, 0.4) is 0 Å². The number of nitrogens with two attached hydrogens (primary N) is 1. The Bertz CT molecular complexity index is 1100. The zero-order valence-corrected chi connectivity index (χ0v) is 15.1. The molecule has 3 rings (SSSR count). The van der Waals surface area contributed by atoms with Crippen molar-refractivity contribution in [3.63, 3.8) is 0 Å². The SMILES string of the molecule is NS(=O)(=O)c1ccc(O)c(Nc2ccc3c(O)cc(SOOO)cc3c2)c1. The maximum Gasteiger partial charge on any atom is 0.238 e. The Labute approximate surface area is 158 Å². The molecule has 0 amide bonds. The zero-order valence-electron chi connectivity index (χ0n) is 13.5. The number of phenols is 2. The number of sulfonamides is 1. The van der Waals surface area contributed by atoms with Gasteiger partial charge in [-0.1, -0.05) is 5.04 Å². The Balaban J connectivity index is 1.98. The maximum atomic E-state index is 11.5. The Morgan fingerprint density at radius 2 is 1.78 bits per heavy atom. The first-order chi connectivity index (χ1) is 12.8. The van der Waals surface area contributed by atoms with Crippen molar-refractivity contribution < 1.29 is 33.3 Å². The molecular weight excluding hydrogens is 396 g/mol. The minimum atomic E-state index is -3.92. The van der Waals surface area contributed by atoms with Gasteiger partial charge in [-0.25, -0.2) is 18.8 Å². The van der Waals surface area contributed by atoms with Crippen LogP contribution < -0.4 is 10.5 Å². The van der Waals surface area contributed by atoms with Crippen LogP contribution in [0.4, 0.5) is 11.4 Å². The summed E-state index contributed by atoms with van der Waals surface area (Å²) in [6.45, 7) is 0. The molecule has 0 aliphatic carbocycles. The molecule has 142 valence electrons. The van der Waals surface area contributed by atoms with Crippen molar-refractivity contribution in [2.45, 2.75) is 9.79 Å². The number of anilines is 2. The summed E-state index contributed by atoms with van der Waals surface area (Å²) in [5.41, 5.74) is 0.665. The molecular formula is C16H14N2O7S2. The first-order valence-electron chi connectivity index (χ1n) is 7.32. The van der Waals surface area contributed by atoms with Gasteiger partial charge in [0.2, 0.25) is 10.0 Å². The van der Waals surface area contributed by atoms with Gasteiger partial charge in [0.1, 0.15) is 11.5 Å². The Morgan fingerprint density at radius 1 is 1.00 bits per heavy atom. The highest BCUT2D eigenvalue weighted by atomic mass is 32.2. The Morgan fingerprint density at radius 3 is 2.48 bits per heavy atom. The molecule has 0 heterocycles. The fourth-order valence-electron chi connectivity index (χ4n) is 2.45. The summed E-state index contributed by atoms with van der Waals surface area (Å²) in [5.74, 6) is -0.176. The number of rotatable bonds is 6. The summed E-state index contributed by atoms with van der Waals surface area (Å²) >= 11 is 0.693. The molecule has 0 aromatic heterocycles. The second-order valence-electron chi connectivity index (χ2n) is 5.45. The van der Waals surface area contributed by atoms with Crippen LogP contribution in [0, 0.1) is 0 Å². The van der Waals surface area contributed by atoms with E-state index in [4.69, 9.17) is 10.4 Å². The summed E-state index contributed by atoms with van der Waals surface area (Å²) < 4.78 is 27.3. The third-order valence-electron chi connectivity index (χ3n) is 3.64. The molecule has 0 spiro atoms. The second-order valence-corrected chi connectivity index (χ2v) is 7.79. The van der Waals surface area contributed by atoms with E-state index in [1.165, 1.54) is 24.3 Å². The van der Waals surface area contributed by atoms with Gasteiger partial charge in [0.25, 0.3) is 0 Å². The van der Waals surface area contributed by atoms with Crippen molar-refractivity contribution in [1.82, 2.24) is 0 Å². The molecule has 0 aliphatic rings. The van der Waals surface area contributed by atoms with Crippen LogP contribution in [-0.2, 0) is 19.4 Å². The molecule has 11 heteroatoms. The first-order valence-corrected chi connectivity index (χ1v) is 9.61. The second kappa shape index (κ2) is 7.60. The molecule has 0 atom stereocenters. The molecule has 0 unspecified atom stereocenters. The van der Waals surface area contributed by atoms with E-state index < -0.39 is 10.0 Å². The number of nitrogens with one attached hydrogen (secondary N) is 1. The monoisotopic (exact) mass is 410 g/mol. The minimum absolute atomic E-state index is 0.0119. The lowest BCUT2D eigenvalue weighted by molar-refractivity contribution is -0.432. The Hall–Kier alpha value is -2.54. The maximum absolute atomic E-state index is 11.5. The van der Waals surface area contributed by atoms with E-state index in [9.17, 15) is 18.6 Å². The van der Waals surface area contributed by atoms with Crippen LogP contribution in [0.1, 0.15) is 0 Å². The molecule has 0 fully saturated rings. The molecule has 0 saturated carbocycles. The number of phenolic OH excluding ortho intramolecular Hbond substituents is 2. The quantitative estimate of drug-likeness (QED) is 0.179. The molecule has 3 aromatic carbocycles. The van der Waals surface area contributed by atoms with Gasteiger partial charge >= 0.3 is 0 Å². The number of hydrogen-bond donors (Lipinski definition) is 5. The van der Waals surface area contributed by atoms with Crippen LogP contribution in [-0.4, -0.2) is 23.9 Å². The van der Waals surface area contributed by atoms with E-state index in [2.05, 4.69) is 14.7 Å². The molecule has 0 bridgehead atoms. The standard InChI is InChI=1S/C16H14N2O7S2/c17-27(22,23)12-2-4-15(19)14(8-12)18-10-1-3-13-9(5-10)6-11(7-16(13)20)26-25-24-21/h1-8,18-21H,(H2,17,22,23). The summed E-state index contributed by atoms with van der Waals surface area (Å²) in [6.07, 6.45) is 0. The van der Waals surface area contributed by atoms with Gasteiger partial charge in [0.05, 0.1) is 22.6 Å². The van der Waals surface area contributed by atoms with Gasteiger partial charge in [-0.05, 0) is 53.9 Å². The van der Waals surface area contributed by atoms with Crippen LogP contribution in [0.2, 0.25) is 0 Å². The van der Waals surface area contributed by atoms with E-state index in [0.29, 0.717) is 33.4 Å². The lowest BCUT2D eigenvalue weighted by atomic mass is 10.1. The van der Waals surface area contributed by atoms with E-state index in [1.807, 2.05) is 0 Å². The number of primary sulfonamides is 1. The van der Waals surface area contributed by atoms with Crippen molar-refractivity contribution in [3.8, 4) is 11.5 Å². The molecule has 0 saturated heterocycles. The average Bonchev–Trinajstić information content (AvgIpc) is 2.60. The van der Waals surface area contributed by atoms with E-state index in [1.54, 1.807) is 24.3 Å².